The van der Waals surface area contributed by atoms with Gasteiger partial charge in [0.25, 0.3) is 0 Å². The normalized spacial score (nSPS) is 14.5. The lowest BCUT2D eigenvalue weighted by Gasteiger charge is -2.22. The van der Waals surface area contributed by atoms with Gasteiger partial charge >= 0.3 is 0 Å². The number of rotatable bonds is 9. The Labute approximate surface area is 132 Å². The van der Waals surface area contributed by atoms with Crippen LogP contribution in [-0.2, 0) is 6.42 Å². The Bertz CT molecular complexity index is 478. The molecule has 0 fully saturated rings. The fraction of sp³-hybridized carbons (Fsp3) is 0.333. The van der Waals surface area contributed by atoms with Gasteiger partial charge in [0.15, 0.2) is 0 Å². The van der Waals surface area contributed by atoms with Crippen LogP contribution in [0.3, 0.4) is 0 Å². The largest absolute Gasteiger partial charge is 0.305 e. The fourth-order valence-corrected chi connectivity index (χ4v) is 2.59. The van der Waals surface area contributed by atoms with E-state index in [2.05, 4.69) is 42.7 Å². The predicted octanol–water partition coefficient (Wildman–Crippen LogP) is 4.57. The van der Waals surface area contributed by atoms with Crippen molar-refractivity contribution in [2.75, 3.05) is 12.9 Å². The van der Waals surface area contributed by atoms with Crippen LogP contribution in [0.25, 0.3) is 0 Å². The van der Waals surface area contributed by atoms with Gasteiger partial charge in [-0.15, -0.1) is 11.8 Å². The molecule has 0 spiro atoms. The summed E-state index contributed by atoms with van der Waals surface area (Å²) < 4.78 is 13.3. The van der Waals surface area contributed by atoms with E-state index in [-0.39, 0.29) is 12.1 Å². The van der Waals surface area contributed by atoms with Crippen LogP contribution in [-0.4, -0.2) is 25.0 Å². The van der Waals surface area contributed by atoms with Crippen molar-refractivity contribution in [1.82, 2.24) is 5.32 Å². The summed E-state index contributed by atoms with van der Waals surface area (Å²) in [5.74, 6) is 0. The summed E-state index contributed by atoms with van der Waals surface area (Å²) in [6, 6.07) is 8.13. The minimum Gasteiger partial charge on any atom is -0.305 e. The smallest absolute Gasteiger partial charge is 0.105 e. The molecule has 0 saturated heterocycles. The van der Waals surface area contributed by atoms with E-state index in [1.54, 1.807) is 23.9 Å². The monoisotopic (exact) mass is 305 g/mol. The van der Waals surface area contributed by atoms with Gasteiger partial charge in [-0.25, -0.2) is 4.39 Å². The Morgan fingerprint density at radius 1 is 1.33 bits per heavy atom. The molecule has 0 aliphatic heterocycles. The van der Waals surface area contributed by atoms with E-state index in [4.69, 9.17) is 0 Å². The molecule has 0 aliphatic carbocycles. The van der Waals surface area contributed by atoms with Gasteiger partial charge in [-0.2, -0.15) is 0 Å². The molecule has 1 unspecified atom stereocenters. The average molecular weight is 305 g/mol. The van der Waals surface area contributed by atoms with Gasteiger partial charge in [0.2, 0.25) is 0 Å². The first-order chi connectivity index (χ1) is 10.1. The zero-order chi connectivity index (χ0) is 15.7. The number of hydrogen-bond donors (Lipinski definition) is 1. The van der Waals surface area contributed by atoms with Crippen LogP contribution >= 0.6 is 11.8 Å². The number of thioether (sulfide) groups is 1. The topological polar surface area (TPSA) is 12.0 Å². The van der Waals surface area contributed by atoms with E-state index in [1.807, 2.05) is 19.3 Å². The molecule has 1 aromatic rings. The highest BCUT2D eigenvalue weighted by Gasteiger charge is 2.14. The Kier molecular flexibility index (Phi) is 8.09. The summed E-state index contributed by atoms with van der Waals surface area (Å²) >= 11 is 1.71. The lowest BCUT2D eigenvalue weighted by Crippen LogP contribution is -2.40. The summed E-state index contributed by atoms with van der Waals surface area (Å²) in [5, 5.41) is 3.31. The molecular weight excluding hydrogens is 281 g/mol. The zero-order valence-corrected chi connectivity index (χ0v) is 13.6. The Balaban J connectivity index is 2.67. The van der Waals surface area contributed by atoms with Crippen LogP contribution in [0.4, 0.5) is 4.39 Å². The van der Waals surface area contributed by atoms with Gasteiger partial charge in [0.1, 0.15) is 6.67 Å². The summed E-state index contributed by atoms with van der Waals surface area (Å²) in [7, 11) is 0. The third kappa shape index (κ3) is 5.90. The second-order valence-corrected chi connectivity index (χ2v) is 5.78. The summed E-state index contributed by atoms with van der Waals surface area (Å²) in [6.45, 7) is 9.09. The highest BCUT2D eigenvalue weighted by molar-refractivity contribution is 7.98. The van der Waals surface area contributed by atoms with Crippen LogP contribution < -0.4 is 5.32 Å². The molecule has 114 valence electrons. The lowest BCUT2D eigenvalue weighted by atomic mass is 10.0. The quantitative estimate of drug-likeness (QED) is 0.530. The number of allylic oxidation sites excluding steroid dienone is 2. The molecule has 1 N–H and O–H groups in total. The maximum absolute atomic E-state index is 13.3. The van der Waals surface area contributed by atoms with Gasteiger partial charge in [0, 0.05) is 17.0 Å². The van der Waals surface area contributed by atoms with E-state index in [9.17, 15) is 4.39 Å². The number of alkyl halides is 1. The standard InChI is InChI=1S/C18H24FNS/c1-5-7-16(6-2)14(3)20-17(13-19)12-15-8-10-18(21-4)11-9-15/h5-11,14,17,20H,1-2,12-13H2,3-4H3/b16-7+/t14-,17?/m1/s1. The van der Waals surface area contributed by atoms with Crippen molar-refractivity contribution < 1.29 is 4.39 Å². The summed E-state index contributed by atoms with van der Waals surface area (Å²) in [5.41, 5.74) is 2.16. The molecule has 1 rings (SSSR count). The number of halogens is 1. The highest BCUT2D eigenvalue weighted by atomic mass is 32.2. The van der Waals surface area contributed by atoms with Crippen LogP contribution in [0.5, 0.6) is 0 Å². The minimum absolute atomic E-state index is 0.0479. The van der Waals surface area contributed by atoms with Crippen LogP contribution in [0.1, 0.15) is 12.5 Å². The van der Waals surface area contributed by atoms with E-state index < -0.39 is 6.67 Å². The molecular formula is C18H24FNS. The molecule has 21 heavy (non-hydrogen) atoms. The summed E-state index contributed by atoms with van der Waals surface area (Å²) in [4.78, 5) is 1.22. The molecule has 0 bridgehead atoms. The van der Waals surface area contributed by atoms with Crippen molar-refractivity contribution in [3.63, 3.8) is 0 Å². The molecule has 0 amide bonds. The molecule has 3 heteroatoms. The first kappa shape index (κ1) is 17.7. The maximum Gasteiger partial charge on any atom is 0.105 e. The predicted molar refractivity (Wildman–Crippen MR) is 92.8 cm³/mol. The fourth-order valence-electron chi connectivity index (χ4n) is 2.18. The van der Waals surface area contributed by atoms with Crippen LogP contribution in [0, 0.1) is 0 Å². The average Bonchev–Trinajstić information content (AvgIpc) is 2.52. The molecule has 0 aliphatic rings. The zero-order valence-electron chi connectivity index (χ0n) is 12.8. The van der Waals surface area contributed by atoms with Crippen LogP contribution in [0.15, 0.2) is 66.1 Å². The molecule has 0 saturated carbocycles. The Morgan fingerprint density at radius 3 is 2.48 bits per heavy atom. The second kappa shape index (κ2) is 9.59. The first-order valence-corrected chi connectivity index (χ1v) is 8.27. The third-order valence-corrected chi connectivity index (χ3v) is 4.10. The van der Waals surface area contributed by atoms with E-state index in [0.717, 1.165) is 11.1 Å². The Hall–Kier alpha value is -1.32. The lowest BCUT2D eigenvalue weighted by molar-refractivity contribution is 0.359. The maximum atomic E-state index is 13.3. The van der Waals surface area contributed by atoms with Gasteiger partial charge < -0.3 is 5.32 Å². The van der Waals surface area contributed by atoms with E-state index >= 15 is 0 Å². The van der Waals surface area contributed by atoms with Gasteiger partial charge in [-0.1, -0.05) is 43.5 Å². The van der Waals surface area contributed by atoms with Crippen molar-refractivity contribution in [2.45, 2.75) is 30.3 Å². The summed E-state index contributed by atoms with van der Waals surface area (Å²) in [6.07, 6.45) is 8.12. The molecule has 0 aromatic heterocycles. The third-order valence-electron chi connectivity index (χ3n) is 3.36. The van der Waals surface area contributed by atoms with Gasteiger partial charge in [-0.3, -0.25) is 0 Å². The van der Waals surface area contributed by atoms with Crippen molar-refractivity contribution in [3.05, 3.63) is 66.8 Å². The van der Waals surface area contributed by atoms with Gasteiger partial charge in [0.05, 0.1) is 0 Å². The van der Waals surface area contributed by atoms with E-state index in [0.29, 0.717) is 6.42 Å². The molecule has 1 nitrogen and oxygen atoms in total. The van der Waals surface area contributed by atoms with E-state index in [1.165, 1.54) is 4.90 Å². The van der Waals surface area contributed by atoms with Crippen molar-refractivity contribution in [1.29, 1.82) is 0 Å². The van der Waals surface area contributed by atoms with Gasteiger partial charge in [-0.05, 0) is 42.9 Å². The SMILES string of the molecule is C=C/C=C(\C=C)[C@@H](C)NC(CF)Cc1ccc(SC)cc1. The first-order valence-electron chi connectivity index (χ1n) is 7.04. The second-order valence-electron chi connectivity index (χ2n) is 4.90. The number of benzene rings is 1. The van der Waals surface area contributed by atoms with Crippen molar-refractivity contribution in [3.8, 4) is 0 Å². The molecule has 2 atom stereocenters. The Morgan fingerprint density at radius 2 is 2.00 bits per heavy atom. The minimum atomic E-state index is -0.396. The number of nitrogens with one attached hydrogen (secondary N) is 1. The van der Waals surface area contributed by atoms with Crippen molar-refractivity contribution >= 4 is 11.8 Å². The molecule has 0 heterocycles. The number of hydrogen-bond acceptors (Lipinski definition) is 2. The van der Waals surface area contributed by atoms with Crippen LogP contribution in [0.2, 0.25) is 0 Å². The molecule has 0 radical (unpaired) electrons. The highest BCUT2D eigenvalue weighted by Crippen LogP contribution is 2.16. The molecule has 1 aromatic carbocycles. The van der Waals surface area contributed by atoms with Crippen molar-refractivity contribution in [2.24, 2.45) is 0 Å².